The van der Waals surface area contributed by atoms with Gasteiger partial charge in [0.15, 0.2) is 0 Å². The van der Waals surface area contributed by atoms with Gasteiger partial charge in [0.2, 0.25) is 17.6 Å². The molecule has 1 amide bonds. The summed E-state index contributed by atoms with van der Waals surface area (Å²) < 4.78 is 6.82. The second-order valence-corrected chi connectivity index (χ2v) is 6.75. The van der Waals surface area contributed by atoms with Crippen molar-refractivity contribution in [2.45, 2.75) is 59.5 Å². The summed E-state index contributed by atoms with van der Waals surface area (Å²) in [6, 6.07) is 3.55. The fraction of sp³-hybridized carbons (Fsp3) is 0.529. The minimum Gasteiger partial charge on any atom is -0.351 e. The molecule has 0 aromatic carbocycles. The van der Waals surface area contributed by atoms with Gasteiger partial charge < -0.3 is 14.4 Å². The van der Waals surface area contributed by atoms with Crippen molar-refractivity contribution in [2.24, 2.45) is 0 Å². The maximum Gasteiger partial charge on any atom is 0.261 e. The van der Waals surface area contributed by atoms with Gasteiger partial charge in [0.05, 0.1) is 5.56 Å². The molecule has 7 heteroatoms. The third-order valence-corrected chi connectivity index (χ3v) is 3.50. The van der Waals surface area contributed by atoms with Crippen molar-refractivity contribution in [1.82, 2.24) is 20.0 Å². The molecule has 2 rings (SSSR count). The summed E-state index contributed by atoms with van der Waals surface area (Å²) in [6.45, 7) is 10.1. The van der Waals surface area contributed by atoms with E-state index in [-0.39, 0.29) is 29.3 Å². The molecule has 0 radical (unpaired) electrons. The Morgan fingerprint density at radius 2 is 2.04 bits per heavy atom. The molecule has 0 unspecified atom stereocenters. The molecule has 0 aliphatic carbocycles. The molecule has 2 aromatic heterocycles. The lowest BCUT2D eigenvalue weighted by Gasteiger charge is -2.20. The van der Waals surface area contributed by atoms with Crippen LogP contribution in [0.25, 0.3) is 11.4 Å². The van der Waals surface area contributed by atoms with Crippen LogP contribution in [0.2, 0.25) is 0 Å². The highest BCUT2D eigenvalue weighted by molar-refractivity contribution is 5.76. The van der Waals surface area contributed by atoms with Crippen molar-refractivity contribution < 1.29 is 9.32 Å². The van der Waals surface area contributed by atoms with Gasteiger partial charge >= 0.3 is 0 Å². The van der Waals surface area contributed by atoms with Crippen LogP contribution in [0.3, 0.4) is 0 Å². The average Bonchev–Trinajstić information content (AvgIpc) is 2.92. The van der Waals surface area contributed by atoms with E-state index in [0.717, 1.165) is 5.69 Å². The number of carbonyl (C=O) groups excluding carboxylic acids is 1. The van der Waals surface area contributed by atoms with E-state index in [1.807, 2.05) is 40.7 Å². The molecule has 7 nitrogen and oxygen atoms in total. The first kappa shape index (κ1) is 17.9. The number of nitrogens with one attached hydrogen (secondary N) is 1. The van der Waals surface area contributed by atoms with Crippen LogP contribution in [0.5, 0.6) is 0 Å². The molecule has 0 atom stereocenters. The molecular weight excluding hydrogens is 308 g/mol. The molecule has 0 bridgehead atoms. The van der Waals surface area contributed by atoms with Gasteiger partial charge in [-0.3, -0.25) is 9.59 Å². The Balaban J connectivity index is 2.12. The Morgan fingerprint density at radius 3 is 2.67 bits per heavy atom. The summed E-state index contributed by atoms with van der Waals surface area (Å²) in [7, 11) is 0. The standard InChI is InChI=1S/C17H24N4O3/c1-6-21-11(2)7-8-12(16(21)23)15-18-14(24-20-15)10-9-13(22)19-17(3,4)5/h7-8H,6,9-10H2,1-5H3,(H,19,22). The van der Waals surface area contributed by atoms with Crippen LogP contribution in [0.1, 0.15) is 45.7 Å². The van der Waals surface area contributed by atoms with Gasteiger partial charge in [0.1, 0.15) is 0 Å². The third-order valence-electron chi connectivity index (χ3n) is 3.50. The van der Waals surface area contributed by atoms with Crippen molar-refractivity contribution >= 4 is 5.91 Å². The number of hydrogen-bond acceptors (Lipinski definition) is 5. The Bertz CT molecular complexity index is 784. The van der Waals surface area contributed by atoms with E-state index in [1.54, 1.807) is 10.6 Å². The zero-order valence-electron chi connectivity index (χ0n) is 14.8. The molecule has 24 heavy (non-hydrogen) atoms. The van der Waals surface area contributed by atoms with Crippen molar-refractivity contribution in [3.8, 4) is 11.4 Å². The zero-order valence-corrected chi connectivity index (χ0v) is 14.8. The first-order valence-corrected chi connectivity index (χ1v) is 8.05. The van der Waals surface area contributed by atoms with E-state index in [2.05, 4.69) is 15.5 Å². The van der Waals surface area contributed by atoms with Crippen molar-refractivity contribution in [3.05, 3.63) is 34.1 Å². The summed E-state index contributed by atoms with van der Waals surface area (Å²) in [5, 5.41) is 6.75. The van der Waals surface area contributed by atoms with Gasteiger partial charge in [-0.1, -0.05) is 5.16 Å². The molecule has 0 saturated carbocycles. The highest BCUT2D eigenvalue weighted by atomic mass is 16.5. The van der Waals surface area contributed by atoms with Gasteiger partial charge in [-0.15, -0.1) is 0 Å². The van der Waals surface area contributed by atoms with E-state index in [4.69, 9.17) is 4.52 Å². The first-order chi connectivity index (χ1) is 11.2. The van der Waals surface area contributed by atoms with Gasteiger partial charge in [0, 0.05) is 30.6 Å². The lowest BCUT2D eigenvalue weighted by molar-refractivity contribution is -0.122. The smallest absolute Gasteiger partial charge is 0.261 e. The van der Waals surface area contributed by atoms with E-state index in [0.29, 0.717) is 24.4 Å². The molecule has 2 heterocycles. The van der Waals surface area contributed by atoms with Crippen LogP contribution in [-0.2, 0) is 17.8 Å². The molecule has 130 valence electrons. The van der Waals surface area contributed by atoms with Crippen LogP contribution in [0.15, 0.2) is 21.5 Å². The largest absolute Gasteiger partial charge is 0.351 e. The minimum atomic E-state index is -0.274. The fourth-order valence-corrected chi connectivity index (χ4v) is 2.40. The van der Waals surface area contributed by atoms with Crippen molar-refractivity contribution in [2.75, 3.05) is 0 Å². The topological polar surface area (TPSA) is 90.0 Å². The van der Waals surface area contributed by atoms with Crippen LogP contribution in [-0.4, -0.2) is 26.2 Å². The maximum absolute atomic E-state index is 12.4. The summed E-state index contributed by atoms with van der Waals surface area (Å²) in [5.41, 5.74) is 0.866. The summed E-state index contributed by atoms with van der Waals surface area (Å²) in [5.74, 6) is 0.524. The predicted molar refractivity (Wildman–Crippen MR) is 90.6 cm³/mol. The summed E-state index contributed by atoms with van der Waals surface area (Å²) in [4.78, 5) is 28.5. The number of pyridine rings is 1. The van der Waals surface area contributed by atoms with E-state index < -0.39 is 0 Å². The van der Waals surface area contributed by atoms with E-state index in [9.17, 15) is 9.59 Å². The number of nitrogens with zero attached hydrogens (tertiary/aromatic N) is 3. The van der Waals surface area contributed by atoms with Crippen molar-refractivity contribution in [1.29, 1.82) is 0 Å². The Kier molecular flexibility index (Phi) is 5.21. The number of aryl methyl sites for hydroxylation is 2. The lowest BCUT2D eigenvalue weighted by atomic mass is 10.1. The molecule has 0 spiro atoms. The van der Waals surface area contributed by atoms with Gasteiger partial charge in [-0.2, -0.15) is 4.98 Å². The fourth-order valence-electron chi connectivity index (χ4n) is 2.40. The highest BCUT2D eigenvalue weighted by Crippen LogP contribution is 2.13. The van der Waals surface area contributed by atoms with E-state index in [1.165, 1.54) is 0 Å². The quantitative estimate of drug-likeness (QED) is 0.905. The molecule has 0 fully saturated rings. The van der Waals surface area contributed by atoms with Gasteiger partial charge in [0.25, 0.3) is 5.56 Å². The second kappa shape index (κ2) is 6.98. The third kappa shape index (κ3) is 4.31. The van der Waals surface area contributed by atoms with Crippen LogP contribution in [0.4, 0.5) is 0 Å². The van der Waals surface area contributed by atoms with Crippen LogP contribution >= 0.6 is 0 Å². The minimum absolute atomic E-state index is 0.0778. The second-order valence-electron chi connectivity index (χ2n) is 6.75. The normalized spacial score (nSPS) is 11.5. The number of carbonyl (C=O) groups is 1. The number of hydrogen-bond donors (Lipinski definition) is 1. The molecule has 0 saturated heterocycles. The Labute approximate surface area is 141 Å². The number of aromatic nitrogens is 3. The number of amides is 1. The van der Waals surface area contributed by atoms with Crippen LogP contribution in [0, 0.1) is 6.92 Å². The molecule has 1 N–H and O–H groups in total. The monoisotopic (exact) mass is 332 g/mol. The van der Waals surface area contributed by atoms with Gasteiger partial charge in [-0.25, -0.2) is 0 Å². The van der Waals surface area contributed by atoms with Crippen molar-refractivity contribution in [3.63, 3.8) is 0 Å². The molecule has 0 aliphatic heterocycles. The average molecular weight is 332 g/mol. The zero-order chi connectivity index (χ0) is 17.9. The van der Waals surface area contributed by atoms with Gasteiger partial charge in [-0.05, 0) is 46.8 Å². The summed E-state index contributed by atoms with van der Waals surface area (Å²) >= 11 is 0. The maximum atomic E-state index is 12.4. The Hall–Kier alpha value is -2.44. The lowest BCUT2D eigenvalue weighted by Crippen LogP contribution is -2.40. The SMILES string of the molecule is CCn1c(C)ccc(-c2noc(CCC(=O)NC(C)(C)C)n2)c1=O. The predicted octanol–water partition coefficient (Wildman–Crippen LogP) is 2.07. The molecule has 2 aromatic rings. The first-order valence-electron chi connectivity index (χ1n) is 8.05. The van der Waals surface area contributed by atoms with Crippen LogP contribution < -0.4 is 10.9 Å². The van der Waals surface area contributed by atoms with E-state index >= 15 is 0 Å². The summed E-state index contributed by atoms with van der Waals surface area (Å²) in [6.07, 6.45) is 0.592. The number of rotatable bonds is 5. The molecular formula is C17H24N4O3. The Morgan fingerprint density at radius 1 is 1.33 bits per heavy atom. The highest BCUT2D eigenvalue weighted by Gasteiger charge is 2.17. The molecule has 0 aliphatic rings.